The lowest BCUT2D eigenvalue weighted by Crippen LogP contribution is -2.22. The number of nitrogens with one attached hydrogen (secondary N) is 1. The van der Waals surface area contributed by atoms with Gasteiger partial charge in [-0.05, 0) is 31.0 Å². The fourth-order valence-corrected chi connectivity index (χ4v) is 2.45. The molecule has 0 bridgehead atoms. The molecule has 23 heavy (non-hydrogen) atoms. The molecule has 0 unspecified atom stereocenters. The first-order valence-electron chi connectivity index (χ1n) is 7.66. The van der Waals surface area contributed by atoms with Crippen molar-refractivity contribution in [3.05, 3.63) is 18.2 Å². The summed E-state index contributed by atoms with van der Waals surface area (Å²) in [6.07, 6.45) is 3.87. The third-order valence-electron chi connectivity index (χ3n) is 3.64. The molecule has 0 aliphatic carbocycles. The van der Waals surface area contributed by atoms with Crippen LogP contribution in [0.5, 0.6) is 5.75 Å². The van der Waals surface area contributed by atoms with Gasteiger partial charge < -0.3 is 20.9 Å². The van der Waals surface area contributed by atoms with Crippen molar-refractivity contribution in [2.75, 3.05) is 24.8 Å². The number of unbranched alkanes of at least 4 members (excludes halogenated alkanes) is 1. The molecule has 0 fully saturated rings. The number of aliphatic hydroxyl groups excluding tert-OH is 1. The quantitative estimate of drug-likeness (QED) is 0.685. The van der Waals surface area contributed by atoms with Crippen molar-refractivity contribution >= 4 is 36.2 Å². The second-order valence-electron chi connectivity index (χ2n) is 5.31. The Morgan fingerprint density at radius 3 is 2.74 bits per heavy atom. The van der Waals surface area contributed by atoms with Crippen molar-refractivity contribution in [2.24, 2.45) is 0 Å². The summed E-state index contributed by atoms with van der Waals surface area (Å²) in [4.78, 5) is 8.57. The van der Waals surface area contributed by atoms with Gasteiger partial charge >= 0.3 is 0 Å². The third-order valence-corrected chi connectivity index (χ3v) is 3.64. The fraction of sp³-hybridized carbons (Fsp3) is 0.500. The molecular formula is C16H26N4O2S. The van der Waals surface area contributed by atoms with Gasteiger partial charge in [0.2, 0.25) is 5.95 Å². The number of hydrogen-bond donors (Lipinski definition) is 3. The Morgan fingerprint density at radius 1 is 1.30 bits per heavy atom. The minimum atomic E-state index is 0. The Morgan fingerprint density at radius 2 is 2.09 bits per heavy atom. The Bertz CT molecular complexity index is 624. The van der Waals surface area contributed by atoms with Crippen LogP contribution in [-0.2, 0) is 0 Å². The molecule has 0 aliphatic rings. The minimum absolute atomic E-state index is 0. The normalized spacial score (nSPS) is 11.8. The van der Waals surface area contributed by atoms with E-state index in [0.717, 1.165) is 35.9 Å². The second-order valence-corrected chi connectivity index (χ2v) is 5.31. The van der Waals surface area contributed by atoms with Crippen LogP contribution in [-0.4, -0.2) is 34.8 Å². The summed E-state index contributed by atoms with van der Waals surface area (Å²) < 4.78 is 5.27. The second kappa shape index (κ2) is 9.42. The Labute approximate surface area is 143 Å². The first kappa shape index (κ1) is 19.3. The van der Waals surface area contributed by atoms with E-state index in [0.29, 0.717) is 12.2 Å². The molecular weight excluding hydrogens is 312 g/mol. The van der Waals surface area contributed by atoms with Gasteiger partial charge in [0.1, 0.15) is 11.6 Å². The lowest BCUT2D eigenvalue weighted by atomic mass is 10.1. The highest BCUT2D eigenvalue weighted by atomic mass is 32.1. The van der Waals surface area contributed by atoms with E-state index >= 15 is 0 Å². The van der Waals surface area contributed by atoms with Crippen molar-refractivity contribution in [3.63, 3.8) is 0 Å². The molecule has 1 atom stereocenters. The van der Waals surface area contributed by atoms with Crippen molar-refractivity contribution in [3.8, 4) is 5.75 Å². The molecule has 2 aromatic rings. The number of methoxy groups -OCH3 is 1. The molecule has 1 heterocycles. The van der Waals surface area contributed by atoms with Gasteiger partial charge in [0.15, 0.2) is 0 Å². The standard InChI is InChI=1S/C16H24N4O2.H2S/c1-3-4-5-11(8-9-21)18-15-13-10-12(22-2)6-7-14(13)19-16(17)20-15;/h6-7,10-11,21H,3-5,8-9H2,1-2H3,(H3,17,18,19,20);1H2/t11-;/m0./s1. The van der Waals surface area contributed by atoms with Gasteiger partial charge in [0.05, 0.1) is 12.6 Å². The Hall–Kier alpha value is -1.73. The number of aromatic nitrogens is 2. The molecule has 0 aliphatic heterocycles. The van der Waals surface area contributed by atoms with Crippen LogP contribution in [0.2, 0.25) is 0 Å². The molecule has 1 aromatic carbocycles. The van der Waals surface area contributed by atoms with Gasteiger partial charge in [0.25, 0.3) is 0 Å². The zero-order chi connectivity index (χ0) is 15.9. The van der Waals surface area contributed by atoms with Gasteiger partial charge in [-0.15, -0.1) is 0 Å². The number of benzene rings is 1. The van der Waals surface area contributed by atoms with Crippen molar-refractivity contribution in [1.29, 1.82) is 0 Å². The number of nitrogens with two attached hydrogens (primary N) is 1. The van der Waals surface area contributed by atoms with Gasteiger partial charge in [-0.25, -0.2) is 4.98 Å². The highest BCUT2D eigenvalue weighted by molar-refractivity contribution is 7.59. The largest absolute Gasteiger partial charge is 0.497 e. The molecule has 6 nitrogen and oxygen atoms in total. The van der Waals surface area contributed by atoms with Crippen LogP contribution >= 0.6 is 13.5 Å². The van der Waals surface area contributed by atoms with Crippen LogP contribution in [0.1, 0.15) is 32.6 Å². The summed E-state index contributed by atoms with van der Waals surface area (Å²) >= 11 is 0. The summed E-state index contributed by atoms with van der Waals surface area (Å²) in [5.41, 5.74) is 6.57. The number of nitrogens with zero attached hydrogens (tertiary/aromatic N) is 2. The van der Waals surface area contributed by atoms with Gasteiger partial charge in [-0.3, -0.25) is 0 Å². The molecule has 4 N–H and O–H groups in total. The maximum atomic E-state index is 9.25. The van der Waals surface area contributed by atoms with E-state index in [-0.39, 0.29) is 32.1 Å². The monoisotopic (exact) mass is 338 g/mol. The molecule has 0 saturated heterocycles. The molecule has 0 spiro atoms. The van der Waals surface area contributed by atoms with Crippen LogP contribution in [0.3, 0.4) is 0 Å². The molecule has 128 valence electrons. The number of anilines is 2. The molecule has 1 aromatic heterocycles. The zero-order valence-corrected chi connectivity index (χ0v) is 14.7. The summed E-state index contributed by atoms with van der Waals surface area (Å²) in [5, 5.41) is 13.5. The fourth-order valence-electron chi connectivity index (χ4n) is 2.45. The smallest absolute Gasteiger partial charge is 0.222 e. The highest BCUT2D eigenvalue weighted by Crippen LogP contribution is 2.27. The summed E-state index contributed by atoms with van der Waals surface area (Å²) in [6.45, 7) is 2.29. The SMILES string of the molecule is CCCC[C@@H](CCO)Nc1nc(N)nc2ccc(OC)cc12.S. The van der Waals surface area contributed by atoms with Crippen LogP contribution < -0.4 is 15.8 Å². The number of nitrogen functional groups attached to an aromatic ring is 1. The van der Waals surface area contributed by atoms with E-state index in [4.69, 9.17) is 10.5 Å². The van der Waals surface area contributed by atoms with Crippen molar-refractivity contribution < 1.29 is 9.84 Å². The maximum Gasteiger partial charge on any atom is 0.222 e. The molecule has 2 rings (SSSR count). The van der Waals surface area contributed by atoms with Gasteiger partial charge in [0, 0.05) is 18.0 Å². The minimum Gasteiger partial charge on any atom is -0.497 e. The third kappa shape index (κ3) is 5.14. The van der Waals surface area contributed by atoms with E-state index in [1.54, 1.807) is 7.11 Å². The number of rotatable bonds is 8. The average Bonchev–Trinajstić information content (AvgIpc) is 2.52. The number of hydrogen-bond acceptors (Lipinski definition) is 6. The Kier molecular flexibility index (Phi) is 7.91. The predicted molar refractivity (Wildman–Crippen MR) is 99.5 cm³/mol. The van der Waals surface area contributed by atoms with Crippen LogP contribution in [0.15, 0.2) is 18.2 Å². The average molecular weight is 338 g/mol. The zero-order valence-electron chi connectivity index (χ0n) is 13.7. The van der Waals surface area contributed by atoms with Crippen LogP contribution in [0, 0.1) is 0 Å². The first-order chi connectivity index (χ1) is 10.7. The summed E-state index contributed by atoms with van der Waals surface area (Å²) in [6, 6.07) is 5.77. The van der Waals surface area contributed by atoms with Crippen LogP contribution in [0.25, 0.3) is 10.9 Å². The lowest BCUT2D eigenvalue weighted by molar-refractivity contribution is 0.276. The van der Waals surface area contributed by atoms with Crippen molar-refractivity contribution in [1.82, 2.24) is 9.97 Å². The maximum absolute atomic E-state index is 9.25. The van der Waals surface area contributed by atoms with E-state index < -0.39 is 0 Å². The molecule has 7 heteroatoms. The summed E-state index contributed by atoms with van der Waals surface area (Å²) in [5.74, 6) is 1.67. The molecule has 0 saturated carbocycles. The summed E-state index contributed by atoms with van der Waals surface area (Å²) in [7, 11) is 1.63. The van der Waals surface area contributed by atoms with Gasteiger partial charge in [-0.2, -0.15) is 18.5 Å². The number of aliphatic hydroxyl groups is 1. The highest BCUT2D eigenvalue weighted by Gasteiger charge is 2.13. The number of fused-ring (bicyclic) bond motifs is 1. The van der Waals surface area contributed by atoms with E-state index in [2.05, 4.69) is 22.2 Å². The van der Waals surface area contributed by atoms with Gasteiger partial charge in [-0.1, -0.05) is 19.8 Å². The Balaban J connectivity index is 0.00000264. The number of ether oxygens (including phenoxy) is 1. The van der Waals surface area contributed by atoms with E-state index in [1.807, 2.05) is 18.2 Å². The molecule has 0 radical (unpaired) electrons. The van der Waals surface area contributed by atoms with Crippen molar-refractivity contribution in [2.45, 2.75) is 38.6 Å². The first-order valence-corrected chi connectivity index (χ1v) is 7.66. The van der Waals surface area contributed by atoms with E-state index in [9.17, 15) is 5.11 Å². The predicted octanol–water partition coefficient (Wildman–Crippen LogP) is 2.69. The van der Waals surface area contributed by atoms with E-state index in [1.165, 1.54) is 0 Å². The topological polar surface area (TPSA) is 93.3 Å². The molecule has 0 amide bonds. The van der Waals surface area contributed by atoms with Crippen LogP contribution in [0.4, 0.5) is 11.8 Å². The lowest BCUT2D eigenvalue weighted by Gasteiger charge is -2.19.